The molecular weight excluding hydrogens is 1180 g/mol. The van der Waals surface area contributed by atoms with Gasteiger partial charge in [0.1, 0.15) is 11.6 Å². The van der Waals surface area contributed by atoms with E-state index in [9.17, 15) is 5.26 Å². The molecule has 5 heterocycles. The second-order valence-electron chi connectivity index (χ2n) is 21.9. The van der Waals surface area contributed by atoms with Crippen molar-refractivity contribution in [3.05, 3.63) is 246 Å². The molecule has 0 saturated carbocycles. The number of fused-ring (bicyclic) bond motifs is 14. The van der Waals surface area contributed by atoms with Crippen LogP contribution in [0.1, 0.15) is 27.8 Å². The van der Waals surface area contributed by atoms with Gasteiger partial charge >= 0.3 is 24.7 Å². The zero-order chi connectivity index (χ0) is 62.1. The van der Waals surface area contributed by atoms with Crippen LogP contribution < -0.4 is 9.64 Å². The van der Waals surface area contributed by atoms with Crippen molar-refractivity contribution in [3.63, 3.8) is 0 Å². The Bertz CT molecular complexity index is 5590. The lowest BCUT2D eigenvalue weighted by Gasteiger charge is -2.38. The Morgan fingerprint density at radius 3 is 0.844 bits per heavy atom. The normalized spacial score (nSPS) is 13.2. The fraction of sp³-hybridized carbons (Fsp3) is 0.0563. The topological polar surface area (TPSA) is 56.0 Å². The van der Waals surface area contributed by atoms with Gasteiger partial charge in [-0.15, -0.1) is 0 Å². The molecular formula is C71H36F12N6O. The number of nitriles is 1. The van der Waals surface area contributed by atoms with Gasteiger partial charge in [0, 0.05) is 43.1 Å². The summed E-state index contributed by atoms with van der Waals surface area (Å²) in [4.78, 5) is 1.79. The third-order valence-electron chi connectivity index (χ3n) is 17.0. The lowest BCUT2D eigenvalue weighted by Crippen LogP contribution is -2.23. The number of alkyl halides is 12. The summed E-state index contributed by atoms with van der Waals surface area (Å²) in [6.07, 6.45) is -19.4. The van der Waals surface area contributed by atoms with Crippen LogP contribution in [-0.4, -0.2) is 18.3 Å². The van der Waals surface area contributed by atoms with Gasteiger partial charge in [0.05, 0.1) is 106 Å². The zero-order valence-electron chi connectivity index (χ0n) is 45.9. The average molecular weight is 1220 g/mol. The zero-order valence-corrected chi connectivity index (χ0v) is 45.9. The summed E-state index contributed by atoms with van der Waals surface area (Å²) in [6, 6.07) is 55.2. The molecule has 90 heavy (non-hydrogen) atoms. The minimum absolute atomic E-state index is 0.0229. The number of ether oxygens (including phenoxy) is 1. The van der Waals surface area contributed by atoms with Gasteiger partial charge in [-0.1, -0.05) is 97.1 Å². The Balaban J connectivity index is 1.27. The fourth-order valence-electron chi connectivity index (χ4n) is 13.4. The number of benzene rings is 11. The van der Waals surface area contributed by atoms with Crippen LogP contribution in [0.4, 0.5) is 69.7 Å². The highest BCUT2D eigenvalue weighted by molar-refractivity contribution is 6.18. The van der Waals surface area contributed by atoms with Gasteiger partial charge in [-0.3, -0.25) is 4.90 Å². The molecule has 0 atom stereocenters. The van der Waals surface area contributed by atoms with E-state index in [4.69, 9.17) is 4.74 Å². The molecule has 7 nitrogen and oxygen atoms in total. The summed E-state index contributed by atoms with van der Waals surface area (Å²) >= 11 is 0. The van der Waals surface area contributed by atoms with Crippen molar-refractivity contribution in [1.82, 2.24) is 18.3 Å². The van der Waals surface area contributed by atoms with E-state index < -0.39 is 47.0 Å². The summed E-state index contributed by atoms with van der Waals surface area (Å²) in [5.74, 6) is 0.511. The maximum Gasteiger partial charge on any atom is 0.416 e. The number of hydrogen-bond acceptors (Lipinski definition) is 3. The van der Waals surface area contributed by atoms with Crippen LogP contribution >= 0.6 is 0 Å². The van der Waals surface area contributed by atoms with Crippen molar-refractivity contribution in [2.24, 2.45) is 0 Å². The van der Waals surface area contributed by atoms with Crippen molar-refractivity contribution in [3.8, 4) is 40.3 Å². The molecule has 0 saturated heterocycles. The van der Waals surface area contributed by atoms with Gasteiger partial charge in [0.15, 0.2) is 11.5 Å². The first-order valence-corrected chi connectivity index (χ1v) is 27.9. The molecule has 0 fully saturated rings. The lowest BCUT2D eigenvalue weighted by atomic mass is 9.99. The third-order valence-corrected chi connectivity index (χ3v) is 17.0. The van der Waals surface area contributed by atoms with E-state index in [-0.39, 0.29) is 127 Å². The second-order valence-corrected chi connectivity index (χ2v) is 21.9. The number of rotatable bonds is 5. The maximum absolute atomic E-state index is 15.2. The molecule has 19 heteroatoms. The van der Waals surface area contributed by atoms with Crippen molar-refractivity contribution < 1.29 is 57.4 Å². The van der Waals surface area contributed by atoms with Crippen LogP contribution in [0.25, 0.3) is 110 Å². The first-order chi connectivity index (χ1) is 43.2. The average Bonchev–Trinajstić information content (AvgIpc) is 1.35. The van der Waals surface area contributed by atoms with Gasteiger partial charge in [-0.25, -0.2) is 0 Å². The van der Waals surface area contributed by atoms with Gasteiger partial charge < -0.3 is 23.0 Å². The Morgan fingerprint density at radius 1 is 0.278 bits per heavy atom. The van der Waals surface area contributed by atoms with E-state index in [1.54, 1.807) is 169 Å². The Hall–Kier alpha value is -11.1. The van der Waals surface area contributed by atoms with E-state index in [0.29, 0.717) is 16.8 Å². The molecule has 0 unspecified atom stereocenters. The second kappa shape index (κ2) is 18.9. The van der Waals surface area contributed by atoms with Crippen LogP contribution in [0.3, 0.4) is 0 Å². The Kier molecular flexibility index (Phi) is 11.4. The minimum atomic E-state index is -4.87. The number of aromatic nitrogens is 4. The van der Waals surface area contributed by atoms with Crippen LogP contribution in [0.2, 0.25) is 0 Å². The molecule has 0 spiro atoms. The summed E-state index contributed by atoms with van der Waals surface area (Å²) < 4.78 is 195. The third kappa shape index (κ3) is 7.89. The quantitative estimate of drug-likeness (QED) is 0.161. The molecule has 0 aliphatic carbocycles. The molecule has 0 bridgehead atoms. The predicted molar refractivity (Wildman–Crippen MR) is 323 cm³/mol. The van der Waals surface area contributed by atoms with Crippen molar-refractivity contribution in [1.29, 1.82) is 5.26 Å². The largest absolute Gasteiger partial charge is 0.453 e. The van der Waals surface area contributed by atoms with Crippen molar-refractivity contribution >= 4 is 104 Å². The fourth-order valence-corrected chi connectivity index (χ4v) is 13.4. The van der Waals surface area contributed by atoms with Crippen LogP contribution in [-0.2, 0) is 24.7 Å². The van der Waals surface area contributed by atoms with E-state index in [0.717, 1.165) is 48.5 Å². The van der Waals surface area contributed by atoms with E-state index in [1.165, 1.54) is 24.3 Å². The molecule has 0 N–H and O–H groups in total. The molecule has 16 rings (SSSR count). The summed E-state index contributed by atoms with van der Waals surface area (Å²) in [6.45, 7) is 0. The van der Waals surface area contributed by atoms with E-state index >= 15 is 52.7 Å². The standard InChI is InChI=1S/C71H36F12N6O/c72-68(73,74)38-25-29-55-46(33-38)42-13-1-5-17-51(42)85(55)63-50(37-84)64(86-52-18-6-2-14-43(52)47-34-39(69(75,76)77)26-30-56(47)86)66(89-59-21-9-11-23-61(59)90-62-24-12-10-22-60(62)89)67(88-54-20-8-4-16-45(54)49-36-41(71(81,82)83)28-32-58(49)88)65(63)87-53-19-7-3-15-44(53)48-35-40(70(78,79)80)27-31-57(48)87/h1-36H. The number of hydrogen-bond donors (Lipinski definition) is 0. The first kappa shape index (κ1) is 54.3. The van der Waals surface area contributed by atoms with Crippen LogP contribution in [0.15, 0.2) is 218 Å². The summed E-state index contributed by atoms with van der Waals surface area (Å²) in [5.41, 5.74) is -2.33. The first-order valence-electron chi connectivity index (χ1n) is 27.9. The molecule has 11 aromatic carbocycles. The smallest absolute Gasteiger partial charge is 0.416 e. The predicted octanol–water partition coefficient (Wildman–Crippen LogP) is 21.6. The summed E-state index contributed by atoms with van der Waals surface area (Å²) in [7, 11) is 0. The molecule has 1 aliphatic heterocycles. The number of nitrogens with zero attached hydrogens (tertiary/aromatic N) is 6. The van der Waals surface area contributed by atoms with Crippen LogP contribution in [0, 0.1) is 11.3 Å². The van der Waals surface area contributed by atoms with E-state index in [1.807, 2.05) is 0 Å². The Labute approximate surface area is 499 Å². The molecule has 1 aliphatic rings. The number of para-hydroxylation sites is 8. The number of anilines is 3. The van der Waals surface area contributed by atoms with Gasteiger partial charge in [-0.05, 0) is 121 Å². The maximum atomic E-state index is 15.2. The van der Waals surface area contributed by atoms with Gasteiger partial charge in [-0.2, -0.15) is 57.9 Å². The molecule has 0 amide bonds. The Morgan fingerprint density at radius 2 is 0.533 bits per heavy atom. The highest BCUT2D eigenvalue weighted by Gasteiger charge is 2.42. The SMILES string of the molecule is N#Cc1c(-n2c3ccccc3c3cc(C(F)(F)F)ccc32)c(N2c3ccccc3Oc3ccccc32)c(-n2c3ccccc3c3cc(C(F)(F)F)ccc32)c(-n2c3ccccc3c3cc(C(F)(F)F)ccc32)c1-n1c2ccccc2c2cc(C(F)(F)F)ccc21. The van der Waals surface area contributed by atoms with Crippen LogP contribution in [0.5, 0.6) is 11.5 Å². The lowest BCUT2D eigenvalue weighted by molar-refractivity contribution is -0.138. The monoisotopic (exact) mass is 1220 g/mol. The summed E-state index contributed by atoms with van der Waals surface area (Å²) in [5, 5.41) is 14.3. The number of halogens is 12. The van der Waals surface area contributed by atoms with Crippen molar-refractivity contribution in [2.75, 3.05) is 4.90 Å². The molecule has 15 aromatic rings. The molecule has 0 radical (unpaired) electrons. The molecule has 4 aromatic heterocycles. The van der Waals surface area contributed by atoms with Gasteiger partial charge in [0.25, 0.3) is 0 Å². The highest BCUT2D eigenvalue weighted by Crippen LogP contribution is 2.59. The highest BCUT2D eigenvalue weighted by atomic mass is 19.4. The minimum Gasteiger partial charge on any atom is -0.453 e. The van der Waals surface area contributed by atoms with Gasteiger partial charge in [0.2, 0.25) is 0 Å². The van der Waals surface area contributed by atoms with Crippen molar-refractivity contribution in [2.45, 2.75) is 24.7 Å². The molecule has 440 valence electrons. The van der Waals surface area contributed by atoms with E-state index in [2.05, 4.69) is 6.07 Å².